The van der Waals surface area contributed by atoms with E-state index >= 15 is 0 Å². The summed E-state index contributed by atoms with van der Waals surface area (Å²) in [5.41, 5.74) is -0.761. The number of halogens is 2. The van der Waals surface area contributed by atoms with Crippen LogP contribution < -0.4 is 10.7 Å². The second-order valence-corrected chi connectivity index (χ2v) is 11.0. The highest BCUT2D eigenvalue weighted by Crippen LogP contribution is 2.43. The lowest BCUT2D eigenvalue weighted by Crippen LogP contribution is -2.45. The van der Waals surface area contributed by atoms with Gasteiger partial charge >= 0.3 is 0 Å². The Morgan fingerprint density at radius 3 is 2.71 bits per heavy atom. The summed E-state index contributed by atoms with van der Waals surface area (Å²) in [6, 6.07) is 12.3. The number of carbonyl (C=O) groups is 2. The van der Waals surface area contributed by atoms with Crippen molar-refractivity contribution in [2.75, 3.05) is 13.6 Å². The van der Waals surface area contributed by atoms with Crippen molar-refractivity contribution in [3.05, 3.63) is 99.0 Å². The van der Waals surface area contributed by atoms with Gasteiger partial charge in [-0.2, -0.15) is 0 Å². The summed E-state index contributed by atoms with van der Waals surface area (Å²) in [5, 5.41) is 17.7. The third-order valence-corrected chi connectivity index (χ3v) is 8.31. The molecule has 3 atom stereocenters. The van der Waals surface area contributed by atoms with E-state index in [0.717, 1.165) is 23.8 Å². The molecule has 1 saturated heterocycles. The van der Waals surface area contributed by atoms with Gasteiger partial charge in [0.05, 0.1) is 11.8 Å². The first-order valence-corrected chi connectivity index (χ1v) is 13.8. The first-order valence-electron chi connectivity index (χ1n) is 13.8. The fourth-order valence-corrected chi connectivity index (χ4v) is 5.71. The molecule has 1 fully saturated rings. The first-order chi connectivity index (χ1) is 20.1. The number of benzene rings is 2. The Morgan fingerprint density at radius 2 is 2.00 bits per heavy atom. The van der Waals surface area contributed by atoms with E-state index in [1.165, 1.54) is 16.8 Å². The number of hydrogen-bond acceptors (Lipinski definition) is 7. The molecule has 0 saturated carbocycles. The van der Waals surface area contributed by atoms with Gasteiger partial charge in [-0.15, -0.1) is 0 Å². The van der Waals surface area contributed by atoms with E-state index in [0.29, 0.717) is 38.2 Å². The number of aldehydes is 1. The summed E-state index contributed by atoms with van der Waals surface area (Å²) in [6.07, 6.45) is 3.99. The summed E-state index contributed by atoms with van der Waals surface area (Å²) < 4.78 is 28.9. The fraction of sp³-hybridized carbons (Fsp3) is 0.355. The van der Waals surface area contributed by atoms with Gasteiger partial charge in [0, 0.05) is 49.8 Å². The molecule has 5 rings (SSSR count). The molecule has 11 heteroatoms. The minimum Gasteiger partial charge on any atom is -0.503 e. The molecule has 42 heavy (non-hydrogen) atoms. The average molecular weight is 579 g/mol. The summed E-state index contributed by atoms with van der Waals surface area (Å²) >= 11 is 0. The Kier molecular flexibility index (Phi) is 8.22. The summed E-state index contributed by atoms with van der Waals surface area (Å²) in [5.74, 6) is -3.37. The van der Waals surface area contributed by atoms with Crippen molar-refractivity contribution in [1.29, 1.82) is 0 Å². The standard InChI is InChI=1S/C31H32F2N4O5/c1-19-10-11-31(14-23(35-42-31)12-20-6-4-3-5-7-20)27(17-36(19)2)37-16-24(28(39)29(40)26(37)18-38)30(41)34-15-21-8-9-22(32)13-25(21)33/h3-9,13,16,18-19,27,40H,10-12,14-15,17H2,1-2H3,(H,34,41). The number of nitrogens with one attached hydrogen (secondary N) is 1. The average Bonchev–Trinajstić information content (AvgIpc) is 3.34. The predicted octanol–water partition coefficient (Wildman–Crippen LogP) is 3.99. The van der Waals surface area contributed by atoms with Gasteiger partial charge in [-0.05, 0) is 38.4 Å². The molecule has 0 radical (unpaired) electrons. The van der Waals surface area contributed by atoms with Crippen molar-refractivity contribution in [2.45, 2.75) is 56.8 Å². The van der Waals surface area contributed by atoms with Gasteiger partial charge in [-0.3, -0.25) is 14.4 Å². The van der Waals surface area contributed by atoms with Gasteiger partial charge in [0.25, 0.3) is 5.91 Å². The number of aromatic nitrogens is 1. The number of hydrogen-bond donors (Lipinski definition) is 2. The number of likely N-dealkylation sites (tertiary alicyclic amines) is 1. The number of likely N-dealkylation sites (N-methyl/N-ethyl adjacent to an activating group) is 1. The van der Waals surface area contributed by atoms with Crippen LogP contribution >= 0.6 is 0 Å². The topological polar surface area (TPSA) is 113 Å². The van der Waals surface area contributed by atoms with Crippen LogP contribution in [-0.4, -0.2) is 57.7 Å². The van der Waals surface area contributed by atoms with E-state index in [1.807, 2.05) is 37.4 Å². The van der Waals surface area contributed by atoms with Gasteiger partial charge < -0.3 is 24.7 Å². The number of amides is 1. The molecule has 9 nitrogen and oxygen atoms in total. The molecule has 220 valence electrons. The molecule has 2 N–H and O–H groups in total. The third-order valence-electron chi connectivity index (χ3n) is 8.31. The highest BCUT2D eigenvalue weighted by molar-refractivity contribution is 5.95. The predicted molar refractivity (Wildman–Crippen MR) is 152 cm³/mol. The van der Waals surface area contributed by atoms with Crippen molar-refractivity contribution in [1.82, 2.24) is 14.8 Å². The van der Waals surface area contributed by atoms with Crippen LogP contribution in [0.1, 0.15) is 64.2 Å². The zero-order chi connectivity index (χ0) is 30.0. The molecule has 0 aliphatic carbocycles. The van der Waals surface area contributed by atoms with Crippen LogP contribution in [0.25, 0.3) is 0 Å². The van der Waals surface area contributed by atoms with E-state index in [2.05, 4.69) is 22.3 Å². The largest absolute Gasteiger partial charge is 0.503 e. The molecule has 3 aromatic rings. The van der Waals surface area contributed by atoms with E-state index in [1.54, 1.807) is 0 Å². The molecule has 2 aliphatic rings. The van der Waals surface area contributed by atoms with Crippen LogP contribution in [0, 0.1) is 11.6 Å². The maximum Gasteiger partial charge on any atom is 0.257 e. The number of rotatable bonds is 7. The number of pyridine rings is 1. The van der Waals surface area contributed by atoms with Crippen molar-refractivity contribution in [2.24, 2.45) is 5.16 Å². The normalized spacial score (nSPS) is 22.3. The minimum absolute atomic E-state index is 0.0135. The van der Waals surface area contributed by atoms with E-state index in [4.69, 9.17) is 4.84 Å². The molecule has 1 aromatic heterocycles. The first kappa shape index (κ1) is 29.1. The molecule has 2 aromatic carbocycles. The van der Waals surface area contributed by atoms with Crippen molar-refractivity contribution < 1.29 is 28.3 Å². The fourth-order valence-electron chi connectivity index (χ4n) is 5.71. The van der Waals surface area contributed by atoms with Crippen LogP contribution in [0.15, 0.2) is 64.7 Å². The number of nitrogens with zero attached hydrogens (tertiary/aromatic N) is 3. The van der Waals surface area contributed by atoms with Crippen LogP contribution in [0.3, 0.4) is 0 Å². The van der Waals surface area contributed by atoms with Gasteiger partial charge in [-0.25, -0.2) is 8.78 Å². The lowest BCUT2D eigenvalue weighted by Gasteiger charge is -2.37. The van der Waals surface area contributed by atoms with E-state index in [9.17, 15) is 28.3 Å². The van der Waals surface area contributed by atoms with Crippen LogP contribution in [0.5, 0.6) is 5.75 Å². The number of oxime groups is 1. The van der Waals surface area contributed by atoms with Crippen LogP contribution in [0.2, 0.25) is 0 Å². The quantitative estimate of drug-likeness (QED) is 0.410. The Balaban J connectivity index is 1.50. The smallest absolute Gasteiger partial charge is 0.257 e. The molecule has 2 aliphatic heterocycles. The number of aromatic hydroxyl groups is 1. The summed E-state index contributed by atoms with van der Waals surface area (Å²) in [7, 11) is 1.94. The minimum atomic E-state index is -1.04. The van der Waals surface area contributed by atoms with Crippen LogP contribution in [0.4, 0.5) is 8.78 Å². The second-order valence-electron chi connectivity index (χ2n) is 11.0. The summed E-state index contributed by atoms with van der Waals surface area (Å²) in [6.45, 7) is 2.13. The maximum atomic E-state index is 14.1. The molecule has 1 spiro atoms. The molecule has 1 amide bonds. The van der Waals surface area contributed by atoms with E-state index in [-0.39, 0.29) is 23.8 Å². The Labute approximate surface area is 241 Å². The molecular weight excluding hydrogens is 546 g/mol. The lowest BCUT2D eigenvalue weighted by atomic mass is 9.83. The van der Waals surface area contributed by atoms with Crippen molar-refractivity contribution in [3.63, 3.8) is 0 Å². The third kappa shape index (κ3) is 5.69. The SMILES string of the molecule is CC1CCC2(CC(Cc3ccccc3)=NO2)C(n2cc(C(=O)NCc3ccc(F)cc3F)c(=O)c(O)c2C=O)CN1C. The number of carbonyl (C=O) groups excluding carboxylic acids is 2. The molecule has 3 unspecified atom stereocenters. The maximum absolute atomic E-state index is 14.1. The van der Waals surface area contributed by atoms with Crippen molar-refractivity contribution >= 4 is 17.9 Å². The Hall–Kier alpha value is -4.38. The van der Waals surface area contributed by atoms with E-state index < -0.39 is 45.9 Å². The van der Waals surface area contributed by atoms with Gasteiger partial charge in [0.15, 0.2) is 17.6 Å². The van der Waals surface area contributed by atoms with Crippen LogP contribution in [-0.2, 0) is 17.8 Å². The van der Waals surface area contributed by atoms with Gasteiger partial charge in [0.2, 0.25) is 5.43 Å². The van der Waals surface area contributed by atoms with Crippen molar-refractivity contribution in [3.8, 4) is 5.75 Å². The Morgan fingerprint density at radius 1 is 1.24 bits per heavy atom. The molecule has 3 heterocycles. The van der Waals surface area contributed by atoms with Gasteiger partial charge in [-0.1, -0.05) is 41.6 Å². The molecule has 0 bridgehead atoms. The zero-order valence-corrected chi connectivity index (χ0v) is 23.3. The second kappa shape index (κ2) is 11.8. The zero-order valence-electron chi connectivity index (χ0n) is 23.3. The monoisotopic (exact) mass is 578 g/mol. The van der Waals surface area contributed by atoms with Gasteiger partial charge in [0.1, 0.15) is 22.9 Å². The Bertz CT molecular complexity index is 1590. The molecular formula is C31H32F2N4O5. The highest BCUT2D eigenvalue weighted by atomic mass is 19.1. The lowest BCUT2D eigenvalue weighted by molar-refractivity contribution is -0.0631. The summed E-state index contributed by atoms with van der Waals surface area (Å²) in [4.78, 5) is 46.8. The highest BCUT2D eigenvalue weighted by Gasteiger charge is 2.50.